The summed E-state index contributed by atoms with van der Waals surface area (Å²) in [6, 6.07) is 8.11. The van der Waals surface area contributed by atoms with Crippen molar-refractivity contribution >= 4 is 127 Å². The van der Waals surface area contributed by atoms with Crippen LogP contribution in [0.5, 0.6) is 0 Å². The molecule has 0 spiro atoms. The van der Waals surface area contributed by atoms with E-state index in [9.17, 15) is 62.6 Å². The van der Waals surface area contributed by atoms with Gasteiger partial charge in [-0.3, -0.25) is 9.79 Å². The van der Waals surface area contributed by atoms with Crippen LogP contribution in [0.2, 0.25) is 29.6 Å². The number of hydroxylamine groups is 6. The Morgan fingerprint density at radius 2 is 0.816 bits per heavy atom. The van der Waals surface area contributed by atoms with Gasteiger partial charge in [-0.25, -0.2) is 0 Å². The minimum atomic E-state index is -2.83. The van der Waals surface area contributed by atoms with Crippen molar-refractivity contribution in [3.05, 3.63) is 58.7 Å². The predicted octanol–water partition coefficient (Wildman–Crippen LogP) is -0.0949. The van der Waals surface area contributed by atoms with E-state index in [0.717, 1.165) is 7.16 Å². The zero-order valence-corrected chi connectivity index (χ0v) is 48.7. The van der Waals surface area contributed by atoms with Crippen LogP contribution in [0.3, 0.4) is 0 Å². The molecule has 0 aromatic heterocycles. The Morgan fingerprint density at radius 3 is 1.11 bits per heavy atom. The average molecular weight is 1280 g/mol. The molecule has 3 saturated heterocycles. The number of benzene rings is 2. The van der Waals surface area contributed by atoms with E-state index >= 15 is 0 Å². The molecule has 27 nitrogen and oxygen atoms in total. The monoisotopic (exact) mass is 1280 g/mol. The van der Waals surface area contributed by atoms with Crippen LogP contribution >= 0.6 is 0 Å². The number of hydrogen-bond donors (Lipinski definition) is 7. The number of rotatable bonds is 21. The van der Waals surface area contributed by atoms with Gasteiger partial charge in [-0.2, -0.15) is 0 Å². The molecule has 5 rings (SSSR count). The minimum absolute atomic E-state index is 0.0129. The molecule has 0 unspecified atom stereocenters. The Kier molecular flexibility index (Phi) is 23.5. The van der Waals surface area contributed by atoms with Gasteiger partial charge in [0, 0.05) is 6.54 Å². The van der Waals surface area contributed by atoms with Crippen LogP contribution in [0.15, 0.2) is 46.4 Å². The standard InChI is InChI=1S/C19H21N4O7.C16H11N2O8.C6H14N4O2.6CH3.2Sn/c20-19(21)22-8-2-5-12(17(27)28)10-14(24)11-3-1-4-13(9-11)18(29)30-23-15(25)6-7-16(23)26;19-11-4-5-12(20)17(11)25-15(23)9-2-1-3-10(8-9)16(24)26-18-13(21)6-7-14(18)22;7-4(5(11)12)2-1-3-10-6(8)9;;;;;;;;/h3-4,9,12H,2,5-8,10H2,(H,27,28)(H4,20,21,22);2-3,8H,4-7H2;4H,1-3,7H2,(H,11,12)(H4,8,9,10);6*1H3;;/t12-;;4-;;;;;;;;/m1.0......../s1. The summed E-state index contributed by atoms with van der Waals surface area (Å²) >= 11 is -5.65. The number of nitrogens with two attached hydrogens (primary N) is 5. The zero-order chi connectivity index (χ0) is 57.4. The summed E-state index contributed by atoms with van der Waals surface area (Å²) in [4.78, 5) is 178. The maximum atomic E-state index is 13.0. The van der Waals surface area contributed by atoms with E-state index in [1.165, 1.54) is 12.1 Å². The number of carboxylic acid groups (broad SMARTS) is 2. The van der Waals surface area contributed by atoms with Gasteiger partial charge >= 0.3 is 383 Å². The maximum absolute atomic E-state index is 13.0. The Hall–Kier alpha value is -7.02. The summed E-state index contributed by atoms with van der Waals surface area (Å²) in [5.74, 6) is -10.1. The molecule has 0 bridgehead atoms. The summed E-state index contributed by atoms with van der Waals surface area (Å²) in [6.07, 6.45) is 1.04. The molecule has 3 aliphatic rings. The van der Waals surface area contributed by atoms with Gasteiger partial charge in [0.25, 0.3) is 0 Å². The predicted molar refractivity (Wildman–Crippen MR) is 274 cm³/mol. The number of carbonyl (C=O) groups excluding carboxylic acids is 10. The van der Waals surface area contributed by atoms with E-state index in [-0.39, 0.29) is 92.1 Å². The second-order valence-corrected chi connectivity index (χ2v) is 48.5. The fourth-order valence-corrected chi connectivity index (χ4v) is 13.6. The van der Waals surface area contributed by atoms with Crippen molar-refractivity contribution in [2.24, 2.45) is 44.6 Å². The number of carbonyl (C=O) groups is 12. The average Bonchev–Trinajstić information content (AvgIpc) is 3.96. The molecule has 3 fully saturated rings. The number of carboxylic acids is 2. The number of aliphatic imine (C=N–C) groups is 2. The van der Waals surface area contributed by atoms with E-state index < -0.39 is 120 Å². The van der Waals surface area contributed by atoms with Crippen LogP contribution in [0.4, 0.5) is 0 Å². The SMILES string of the molecule is NC(N)=NCCC[C@H](N)C(=O)O.[CH3][Sn]([CH3])([CH3])[c]1cc(C(=O)C[C@@H](CCCN=C(N)N)C(=O)O)cc(C(=O)ON2C(=O)CCC2=O)c1.[CH3][Sn]([CH3])([CH3])[c]1cc(C(=O)ON2C(=O)CCC2=O)cc(C(=O)ON2C(=O)CCC2=O)c1. The molecular formula is C47H64N10O17Sn2. The molecule has 6 amide bonds. The Balaban J connectivity index is 0.000000332. The fraction of sp³-hybridized carbons (Fsp3) is 0.447. The summed E-state index contributed by atoms with van der Waals surface area (Å²) < 4.78 is 1.61. The molecule has 2 atom stereocenters. The molecule has 2 aromatic carbocycles. The van der Waals surface area contributed by atoms with E-state index in [2.05, 4.69) is 39.6 Å². The topological polar surface area (TPSA) is 438 Å². The van der Waals surface area contributed by atoms with Gasteiger partial charge in [-0.15, -0.1) is 0 Å². The number of Topliss-reactive ketones (excluding diaryl/α,β-unsaturated/α-hetero) is 1. The van der Waals surface area contributed by atoms with E-state index in [4.69, 9.17) is 48.3 Å². The number of aliphatic carboxylic acids is 2. The third-order valence-corrected chi connectivity index (χ3v) is 22.8. The molecular weight excluding hydrogens is 1210 g/mol. The van der Waals surface area contributed by atoms with Crippen molar-refractivity contribution in [2.45, 2.75) is 106 Å². The number of guanidine groups is 2. The number of amides is 6. The molecule has 76 heavy (non-hydrogen) atoms. The van der Waals surface area contributed by atoms with Gasteiger partial charge in [0.15, 0.2) is 5.96 Å². The normalized spacial score (nSPS) is 15.2. The van der Waals surface area contributed by atoms with Gasteiger partial charge in [0.05, 0.1) is 0 Å². The summed E-state index contributed by atoms with van der Waals surface area (Å²) in [5.41, 5.74) is 26.0. The molecule has 29 heteroatoms. The second-order valence-electron chi connectivity index (χ2n) is 19.5. The Labute approximate surface area is 444 Å². The number of ketones is 1. The Morgan fingerprint density at radius 1 is 0.513 bits per heavy atom. The van der Waals surface area contributed by atoms with Crippen molar-refractivity contribution in [1.82, 2.24) is 15.2 Å². The van der Waals surface area contributed by atoms with E-state index in [1.807, 2.05) is 0 Å². The first-order valence-electron chi connectivity index (χ1n) is 23.7. The van der Waals surface area contributed by atoms with Crippen LogP contribution in [0.25, 0.3) is 0 Å². The summed E-state index contributed by atoms with van der Waals surface area (Å²) in [5, 5.41) is 19.2. The van der Waals surface area contributed by atoms with Gasteiger partial charge in [-0.1, -0.05) is 0 Å². The molecule has 2 aromatic rings. The van der Waals surface area contributed by atoms with Crippen molar-refractivity contribution in [3.63, 3.8) is 0 Å². The van der Waals surface area contributed by atoms with E-state index in [1.54, 1.807) is 24.3 Å². The van der Waals surface area contributed by atoms with Gasteiger partial charge in [0.2, 0.25) is 0 Å². The first-order chi connectivity index (χ1) is 35.3. The molecule has 412 valence electrons. The molecule has 0 radical (unpaired) electrons. The van der Waals surface area contributed by atoms with Crippen LogP contribution < -0.4 is 35.8 Å². The van der Waals surface area contributed by atoms with Crippen molar-refractivity contribution < 1.29 is 82.3 Å². The number of nitrogens with zero attached hydrogens (tertiary/aromatic N) is 5. The third-order valence-electron chi connectivity index (χ3n) is 11.2. The van der Waals surface area contributed by atoms with Gasteiger partial charge in [0.1, 0.15) is 6.04 Å². The van der Waals surface area contributed by atoms with Crippen molar-refractivity contribution in [3.8, 4) is 0 Å². The van der Waals surface area contributed by atoms with Crippen LogP contribution in [-0.2, 0) is 52.9 Å². The number of hydrogen-bond acceptors (Lipinski definition) is 18. The summed E-state index contributed by atoms with van der Waals surface area (Å²) in [7, 11) is 0. The summed E-state index contributed by atoms with van der Waals surface area (Å²) in [6.45, 7) is 0.668. The van der Waals surface area contributed by atoms with Crippen LogP contribution in [0.1, 0.15) is 112 Å². The zero-order valence-electron chi connectivity index (χ0n) is 43.0. The van der Waals surface area contributed by atoms with E-state index in [0.29, 0.717) is 41.0 Å². The molecule has 3 aliphatic heterocycles. The number of imide groups is 3. The first-order valence-corrected chi connectivity index (χ1v) is 43.7. The first kappa shape index (κ1) is 63.3. The van der Waals surface area contributed by atoms with Gasteiger partial charge < -0.3 is 22.3 Å². The molecule has 0 saturated carbocycles. The Bertz CT molecular complexity index is 2580. The fourth-order valence-electron chi connectivity index (χ4n) is 6.86. The van der Waals surface area contributed by atoms with Crippen molar-refractivity contribution in [1.29, 1.82) is 0 Å². The quantitative estimate of drug-likeness (QED) is 0.0214. The van der Waals surface area contributed by atoms with Gasteiger partial charge in [-0.05, 0) is 12.8 Å². The van der Waals surface area contributed by atoms with Crippen molar-refractivity contribution in [2.75, 3.05) is 13.1 Å². The van der Waals surface area contributed by atoms with Crippen LogP contribution in [-0.4, -0.2) is 164 Å². The molecule has 12 N–H and O–H groups in total. The second kappa shape index (κ2) is 28.2. The molecule has 0 aliphatic carbocycles. The third kappa shape index (κ3) is 19.6. The van der Waals surface area contributed by atoms with Crippen LogP contribution in [0, 0.1) is 5.92 Å². The molecule has 3 heterocycles.